The predicted molar refractivity (Wildman–Crippen MR) is 99.6 cm³/mol. The Balaban J connectivity index is 1.60. The van der Waals surface area contributed by atoms with Crippen molar-refractivity contribution < 1.29 is 9.63 Å². The van der Waals surface area contributed by atoms with E-state index in [0.29, 0.717) is 6.54 Å². The molecule has 0 bridgehead atoms. The van der Waals surface area contributed by atoms with Gasteiger partial charge in [-0.05, 0) is 37.1 Å². The fourth-order valence-corrected chi connectivity index (χ4v) is 2.73. The van der Waals surface area contributed by atoms with Crippen LogP contribution in [-0.4, -0.2) is 31.0 Å². The Labute approximate surface area is 147 Å². The van der Waals surface area contributed by atoms with Crippen molar-refractivity contribution in [2.45, 2.75) is 18.7 Å². The van der Waals surface area contributed by atoms with Gasteiger partial charge in [0.1, 0.15) is 0 Å². The van der Waals surface area contributed by atoms with Crippen LogP contribution in [0, 0.1) is 13.8 Å². The Bertz CT molecular complexity index is 684. The third-order valence-corrected chi connectivity index (χ3v) is 4.38. The number of hydrogen-bond donors (Lipinski definition) is 1. The molecule has 0 fully saturated rings. The number of oxime groups is 1. The monoisotopic (exact) mass is 342 g/mol. The predicted octanol–water partition coefficient (Wildman–Crippen LogP) is 3.56. The van der Waals surface area contributed by atoms with Crippen molar-refractivity contribution in [1.29, 1.82) is 0 Å². The van der Waals surface area contributed by atoms with Gasteiger partial charge < -0.3 is 10.2 Å². The fraction of sp³-hybridized carbons (Fsp3) is 0.263. The Kier molecular flexibility index (Phi) is 7.36. The molecule has 4 nitrogen and oxygen atoms in total. The summed E-state index contributed by atoms with van der Waals surface area (Å²) in [6.45, 7) is 4.59. The lowest BCUT2D eigenvalue weighted by Crippen LogP contribution is -2.28. The number of benzene rings is 2. The molecule has 0 radical (unpaired) electrons. The number of rotatable bonds is 8. The van der Waals surface area contributed by atoms with Crippen molar-refractivity contribution in [3.8, 4) is 0 Å². The van der Waals surface area contributed by atoms with Crippen molar-refractivity contribution >= 4 is 23.9 Å². The molecule has 2 aromatic rings. The molecule has 5 heteroatoms. The van der Waals surface area contributed by atoms with Crippen molar-refractivity contribution in [2.24, 2.45) is 5.16 Å². The molecular weight excluding hydrogens is 320 g/mol. The zero-order valence-electron chi connectivity index (χ0n) is 14.0. The number of nitrogens with zero attached hydrogens (tertiary/aromatic N) is 1. The topological polar surface area (TPSA) is 50.7 Å². The highest BCUT2D eigenvalue weighted by Crippen LogP contribution is 2.17. The molecule has 2 rings (SSSR count). The van der Waals surface area contributed by atoms with Crippen LogP contribution in [0.2, 0.25) is 0 Å². The minimum atomic E-state index is -0.165. The number of hydrogen-bond acceptors (Lipinski definition) is 4. The highest BCUT2D eigenvalue weighted by atomic mass is 32.2. The van der Waals surface area contributed by atoms with Gasteiger partial charge in [-0.15, -0.1) is 11.8 Å². The lowest BCUT2D eigenvalue weighted by molar-refractivity contribution is -0.125. The third kappa shape index (κ3) is 6.46. The van der Waals surface area contributed by atoms with E-state index in [9.17, 15) is 4.79 Å². The lowest BCUT2D eigenvalue weighted by Gasteiger charge is -2.05. The van der Waals surface area contributed by atoms with Crippen molar-refractivity contribution in [3.63, 3.8) is 0 Å². The van der Waals surface area contributed by atoms with Gasteiger partial charge in [0.2, 0.25) is 0 Å². The molecule has 0 aromatic heterocycles. The van der Waals surface area contributed by atoms with Gasteiger partial charge in [0.05, 0.1) is 6.21 Å². The standard InChI is InChI=1S/C19H22N2O2S/c1-15-7-9-18(10-8-15)24-12-11-20-19(22)14-23-21-13-17-6-4-3-5-16(17)2/h3-10,13H,11-12,14H2,1-2H3,(H,20,22)/b21-13-. The first-order chi connectivity index (χ1) is 11.6. The summed E-state index contributed by atoms with van der Waals surface area (Å²) in [4.78, 5) is 17.9. The Hall–Kier alpha value is -2.27. The van der Waals surface area contributed by atoms with E-state index in [-0.39, 0.29) is 12.5 Å². The first-order valence-corrected chi connectivity index (χ1v) is 8.81. The molecular formula is C19H22N2O2S. The van der Waals surface area contributed by atoms with Crippen molar-refractivity contribution in [2.75, 3.05) is 18.9 Å². The molecule has 1 N–H and O–H groups in total. The molecule has 0 saturated heterocycles. The van der Waals surface area contributed by atoms with Crippen LogP contribution in [-0.2, 0) is 9.63 Å². The van der Waals surface area contributed by atoms with Crippen LogP contribution in [0.1, 0.15) is 16.7 Å². The molecule has 0 unspecified atom stereocenters. The Morgan fingerprint density at radius 3 is 2.67 bits per heavy atom. The maximum absolute atomic E-state index is 11.7. The molecule has 24 heavy (non-hydrogen) atoms. The van der Waals surface area contributed by atoms with E-state index in [1.54, 1.807) is 18.0 Å². The maximum Gasteiger partial charge on any atom is 0.260 e. The Morgan fingerprint density at radius 2 is 1.92 bits per heavy atom. The summed E-state index contributed by atoms with van der Waals surface area (Å²) < 4.78 is 0. The lowest BCUT2D eigenvalue weighted by atomic mass is 10.1. The number of aryl methyl sites for hydroxylation is 2. The van der Waals surface area contributed by atoms with Crippen LogP contribution in [0.5, 0.6) is 0 Å². The van der Waals surface area contributed by atoms with Gasteiger partial charge in [-0.2, -0.15) is 0 Å². The molecule has 0 atom stereocenters. The van der Waals surface area contributed by atoms with Crippen LogP contribution < -0.4 is 5.32 Å². The van der Waals surface area contributed by atoms with Gasteiger partial charge in [0, 0.05) is 17.2 Å². The van der Waals surface area contributed by atoms with Gasteiger partial charge >= 0.3 is 0 Å². The highest BCUT2D eigenvalue weighted by molar-refractivity contribution is 7.99. The molecule has 126 valence electrons. The summed E-state index contributed by atoms with van der Waals surface area (Å²) in [7, 11) is 0. The van der Waals surface area contributed by atoms with Gasteiger partial charge in [0.25, 0.3) is 5.91 Å². The van der Waals surface area contributed by atoms with Crippen LogP contribution >= 0.6 is 11.8 Å². The minimum Gasteiger partial charge on any atom is -0.386 e. The summed E-state index contributed by atoms with van der Waals surface area (Å²) in [5.41, 5.74) is 3.34. The fourth-order valence-electron chi connectivity index (χ4n) is 1.97. The highest BCUT2D eigenvalue weighted by Gasteiger charge is 2.01. The number of thioether (sulfide) groups is 1. The molecule has 0 aliphatic carbocycles. The summed E-state index contributed by atoms with van der Waals surface area (Å²) in [5.74, 6) is 0.655. The van der Waals surface area contributed by atoms with E-state index < -0.39 is 0 Å². The van der Waals surface area contributed by atoms with E-state index in [4.69, 9.17) is 4.84 Å². The molecule has 1 amide bonds. The zero-order valence-corrected chi connectivity index (χ0v) is 14.8. The average Bonchev–Trinajstić information content (AvgIpc) is 2.58. The van der Waals surface area contributed by atoms with Crippen molar-refractivity contribution in [1.82, 2.24) is 5.32 Å². The van der Waals surface area contributed by atoms with Gasteiger partial charge in [-0.3, -0.25) is 4.79 Å². The normalized spacial score (nSPS) is 10.8. The van der Waals surface area contributed by atoms with Gasteiger partial charge in [-0.1, -0.05) is 47.1 Å². The second-order valence-electron chi connectivity index (χ2n) is 5.38. The van der Waals surface area contributed by atoms with Crippen LogP contribution in [0.4, 0.5) is 0 Å². The zero-order chi connectivity index (χ0) is 17.2. The van der Waals surface area contributed by atoms with E-state index in [2.05, 4.69) is 41.7 Å². The molecule has 0 aliphatic rings. The van der Waals surface area contributed by atoms with Crippen LogP contribution in [0.15, 0.2) is 58.6 Å². The second kappa shape index (κ2) is 9.78. The smallest absolute Gasteiger partial charge is 0.260 e. The van der Waals surface area contributed by atoms with E-state index in [0.717, 1.165) is 16.9 Å². The summed E-state index contributed by atoms with van der Waals surface area (Å²) in [6.07, 6.45) is 1.62. The van der Waals surface area contributed by atoms with Crippen LogP contribution in [0.3, 0.4) is 0 Å². The quantitative estimate of drug-likeness (QED) is 0.345. The summed E-state index contributed by atoms with van der Waals surface area (Å²) in [6, 6.07) is 16.2. The Morgan fingerprint density at radius 1 is 1.17 bits per heavy atom. The van der Waals surface area contributed by atoms with E-state index in [1.165, 1.54) is 10.5 Å². The average molecular weight is 342 g/mol. The molecule has 0 heterocycles. The second-order valence-corrected chi connectivity index (χ2v) is 6.54. The number of amides is 1. The third-order valence-electron chi connectivity index (χ3n) is 3.36. The van der Waals surface area contributed by atoms with Gasteiger partial charge in [-0.25, -0.2) is 0 Å². The summed E-state index contributed by atoms with van der Waals surface area (Å²) in [5, 5.41) is 6.65. The number of nitrogens with one attached hydrogen (secondary N) is 1. The number of carbonyl (C=O) groups is 1. The molecule has 0 saturated carbocycles. The van der Waals surface area contributed by atoms with Crippen molar-refractivity contribution in [3.05, 3.63) is 65.2 Å². The van der Waals surface area contributed by atoms with Crippen LogP contribution in [0.25, 0.3) is 0 Å². The molecule has 2 aromatic carbocycles. The number of carbonyl (C=O) groups excluding carboxylic acids is 1. The summed E-state index contributed by atoms with van der Waals surface area (Å²) >= 11 is 1.71. The molecule has 0 aliphatic heterocycles. The van der Waals surface area contributed by atoms with Gasteiger partial charge in [0.15, 0.2) is 6.61 Å². The van der Waals surface area contributed by atoms with E-state index in [1.807, 2.05) is 31.2 Å². The minimum absolute atomic E-state index is 0.0718. The van der Waals surface area contributed by atoms with E-state index >= 15 is 0 Å². The maximum atomic E-state index is 11.7. The molecule has 0 spiro atoms. The first-order valence-electron chi connectivity index (χ1n) is 7.82. The SMILES string of the molecule is Cc1ccc(SCCNC(=O)CO/N=C\c2ccccc2C)cc1. The first kappa shape index (κ1) is 18.1. The largest absolute Gasteiger partial charge is 0.386 e.